The van der Waals surface area contributed by atoms with Gasteiger partial charge in [0.1, 0.15) is 0 Å². The van der Waals surface area contributed by atoms with Crippen LogP contribution in [-0.4, -0.2) is 25.7 Å². The van der Waals surface area contributed by atoms with Crippen LogP contribution in [0, 0.1) is 22.7 Å². The summed E-state index contributed by atoms with van der Waals surface area (Å²) in [6.07, 6.45) is 3.73. The molecule has 0 saturated heterocycles. The van der Waals surface area contributed by atoms with Gasteiger partial charge in [0, 0.05) is 18.2 Å². The number of rotatable bonds is 5. The number of carbonyl (C=O) groups excluding carboxylic acids is 2. The number of methoxy groups -OCH3 is 1. The molecule has 0 aliphatic rings. The van der Waals surface area contributed by atoms with Crippen molar-refractivity contribution in [2.45, 2.75) is 20.3 Å². The first-order valence-corrected chi connectivity index (χ1v) is 5.63. The van der Waals surface area contributed by atoms with Crippen molar-refractivity contribution in [1.29, 1.82) is 10.5 Å². The lowest BCUT2D eigenvalue weighted by molar-refractivity contribution is -0.265. The summed E-state index contributed by atoms with van der Waals surface area (Å²) in [7, 11) is 1.25. The Bertz CT molecular complexity index is 441. The van der Waals surface area contributed by atoms with E-state index in [1.54, 1.807) is 26.0 Å². The largest absolute Gasteiger partial charge is 0.466 e. The number of ether oxygens (including phenoxy) is 1. The minimum absolute atomic E-state index is 0.301. The van der Waals surface area contributed by atoms with Crippen molar-refractivity contribution in [2.75, 3.05) is 13.7 Å². The van der Waals surface area contributed by atoms with Crippen molar-refractivity contribution in [3.63, 3.8) is 0 Å². The Labute approximate surface area is 117 Å². The summed E-state index contributed by atoms with van der Waals surface area (Å²) in [6, 6.07) is 3.41. The zero-order valence-electron chi connectivity index (χ0n) is 11.6. The molecule has 0 amide bonds. The van der Waals surface area contributed by atoms with Crippen molar-refractivity contribution < 1.29 is 24.1 Å². The molecule has 7 nitrogen and oxygen atoms in total. The van der Waals surface area contributed by atoms with Gasteiger partial charge in [-0.05, 0) is 13.3 Å². The average Bonchev–Trinajstić information content (AvgIpc) is 2.48. The van der Waals surface area contributed by atoms with Crippen LogP contribution in [0.25, 0.3) is 0 Å². The number of esters is 1. The van der Waals surface area contributed by atoms with Gasteiger partial charge in [0.05, 0.1) is 31.4 Å². The van der Waals surface area contributed by atoms with E-state index in [9.17, 15) is 9.59 Å². The molecule has 0 fully saturated rings. The highest BCUT2D eigenvalue weighted by molar-refractivity contribution is 5.88. The van der Waals surface area contributed by atoms with Crippen LogP contribution in [0.1, 0.15) is 20.3 Å². The molecule has 0 aliphatic heterocycles. The number of hydrogen-bond acceptors (Lipinski definition) is 7. The van der Waals surface area contributed by atoms with Crippen LogP contribution >= 0.6 is 0 Å². The van der Waals surface area contributed by atoms with Crippen LogP contribution in [0.15, 0.2) is 23.8 Å². The van der Waals surface area contributed by atoms with E-state index in [2.05, 4.69) is 14.5 Å². The molecule has 0 atom stereocenters. The molecular formula is C13H16N2O5. The molecular weight excluding hydrogens is 264 g/mol. The molecule has 0 aromatic rings. The van der Waals surface area contributed by atoms with Gasteiger partial charge in [0.2, 0.25) is 0 Å². The molecule has 0 saturated carbocycles. The van der Waals surface area contributed by atoms with Gasteiger partial charge in [-0.25, -0.2) is 9.59 Å². The highest BCUT2D eigenvalue weighted by Gasteiger charge is 2.08. The van der Waals surface area contributed by atoms with Crippen LogP contribution in [-0.2, 0) is 24.1 Å². The predicted molar refractivity (Wildman–Crippen MR) is 68.5 cm³/mol. The molecule has 0 aromatic heterocycles. The van der Waals surface area contributed by atoms with Gasteiger partial charge in [-0.2, -0.15) is 15.4 Å². The van der Waals surface area contributed by atoms with E-state index >= 15 is 0 Å². The number of nitriles is 2. The molecule has 0 rings (SSSR count). The smallest absolute Gasteiger partial charge is 0.369 e. The van der Waals surface area contributed by atoms with Crippen LogP contribution in [0.3, 0.4) is 0 Å². The van der Waals surface area contributed by atoms with Crippen molar-refractivity contribution in [1.82, 2.24) is 0 Å². The second-order valence-electron chi connectivity index (χ2n) is 2.92. The second kappa shape index (κ2) is 14.4. The van der Waals surface area contributed by atoms with Crippen LogP contribution in [0.5, 0.6) is 0 Å². The van der Waals surface area contributed by atoms with Crippen LogP contribution < -0.4 is 0 Å². The fourth-order valence-corrected chi connectivity index (χ4v) is 0.723. The topological polar surface area (TPSA) is 109 Å². The number of nitrogens with zero attached hydrogens (tertiary/aromatic N) is 2. The van der Waals surface area contributed by atoms with Crippen molar-refractivity contribution in [3.8, 4) is 12.1 Å². The third-order valence-corrected chi connectivity index (χ3v) is 1.63. The molecule has 20 heavy (non-hydrogen) atoms. The standard InChI is InChI=1S/C8H11NO3.C5H5NO2/c1-3-7(5-6-9)8(10)12-11-4-2;1-8-5(7)3-2-4-6/h5H,3-4H2,1-2H3;2-3H,1H3. The molecule has 0 radical (unpaired) electrons. The number of hydrogen-bond donors (Lipinski definition) is 0. The fraction of sp³-hybridized carbons (Fsp3) is 0.385. The zero-order chi connectivity index (χ0) is 15.8. The Morgan fingerprint density at radius 1 is 1.20 bits per heavy atom. The Balaban J connectivity index is 0. The monoisotopic (exact) mass is 280 g/mol. The minimum Gasteiger partial charge on any atom is -0.466 e. The Kier molecular flexibility index (Phi) is 14.2. The maximum atomic E-state index is 11.0. The maximum absolute atomic E-state index is 11.0. The highest BCUT2D eigenvalue weighted by atomic mass is 17.2. The summed E-state index contributed by atoms with van der Waals surface area (Å²) in [6.45, 7) is 3.76. The summed E-state index contributed by atoms with van der Waals surface area (Å²) in [5.41, 5.74) is 0.311. The van der Waals surface area contributed by atoms with Crippen LogP contribution in [0.4, 0.5) is 0 Å². The molecule has 7 heteroatoms. The van der Waals surface area contributed by atoms with Gasteiger partial charge in [0.25, 0.3) is 0 Å². The summed E-state index contributed by atoms with van der Waals surface area (Å²) in [4.78, 5) is 29.8. The number of carbonyl (C=O) groups is 2. The lowest BCUT2D eigenvalue weighted by atomic mass is 10.2. The van der Waals surface area contributed by atoms with E-state index in [1.807, 2.05) is 0 Å². The van der Waals surface area contributed by atoms with Gasteiger partial charge in [-0.1, -0.05) is 6.92 Å². The minimum atomic E-state index is -0.596. The van der Waals surface area contributed by atoms with E-state index in [-0.39, 0.29) is 0 Å². The van der Waals surface area contributed by atoms with Gasteiger partial charge >= 0.3 is 11.9 Å². The summed E-state index contributed by atoms with van der Waals surface area (Å²) in [5.74, 6) is -1.10. The quantitative estimate of drug-likeness (QED) is 0.247. The first-order chi connectivity index (χ1) is 9.56. The van der Waals surface area contributed by atoms with Crippen LogP contribution in [0.2, 0.25) is 0 Å². The summed E-state index contributed by atoms with van der Waals surface area (Å²) in [5, 5.41) is 16.1. The molecule has 0 aromatic carbocycles. The Morgan fingerprint density at radius 2 is 1.85 bits per heavy atom. The maximum Gasteiger partial charge on any atom is 0.369 e. The normalized spacial score (nSPS) is 9.75. The number of allylic oxidation sites excluding steroid dienone is 2. The first-order valence-electron chi connectivity index (χ1n) is 5.63. The zero-order valence-corrected chi connectivity index (χ0v) is 11.6. The Hall–Kier alpha value is -2.64. The van der Waals surface area contributed by atoms with Gasteiger partial charge in [0.15, 0.2) is 0 Å². The molecule has 0 bridgehead atoms. The summed E-state index contributed by atoms with van der Waals surface area (Å²) >= 11 is 0. The molecule has 0 unspecified atom stereocenters. The van der Waals surface area contributed by atoms with E-state index in [0.717, 1.165) is 18.2 Å². The average molecular weight is 280 g/mol. The van der Waals surface area contributed by atoms with E-state index in [0.29, 0.717) is 18.6 Å². The first kappa shape index (κ1) is 19.7. The lowest BCUT2D eigenvalue weighted by Gasteiger charge is -2.01. The third kappa shape index (κ3) is 11.8. The molecule has 0 spiro atoms. The van der Waals surface area contributed by atoms with Gasteiger partial charge < -0.3 is 4.74 Å². The summed E-state index contributed by atoms with van der Waals surface area (Å²) < 4.78 is 4.18. The second-order valence-corrected chi connectivity index (χ2v) is 2.92. The van der Waals surface area contributed by atoms with Crippen molar-refractivity contribution >= 4 is 11.9 Å². The third-order valence-electron chi connectivity index (χ3n) is 1.63. The highest BCUT2D eigenvalue weighted by Crippen LogP contribution is 2.02. The van der Waals surface area contributed by atoms with E-state index in [4.69, 9.17) is 10.5 Å². The Morgan fingerprint density at radius 3 is 2.25 bits per heavy atom. The fourth-order valence-electron chi connectivity index (χ4n) is 0.723. The van der Waals surface area contributed by atoms with E-state index in [1.165, 1.54) is 7.11 Å². The SMILES string of the molecule is CCOOC(=O)C(=CC#N)CC.COC(=O)C=CC#N. The molecule has 0 heterocycles. The van der Waals surface area contributed by atoms with Gasteiger partial charge in [-0.3, -0.25) is 4.89 Å². The molecule has 0 N–H and O–H groups in total. The van der Waals surface area contributed by atoms with Crippen molar-refractivity contribution in [2.24, 2.45) is 0 Å². The molecule has 0 aliphatic carbocycles. The van der Waals surface area contributed by atoms with E-state index < -0.39 is 11.9 Å². The molecule has 108 valence electrons. The van der Waals surface area contributed by atoms with Crippen molar-refractivity contribution in [3.05, 3.63) is 23.8 Å². The van der Waals surface area contributed by atoms with Gasteiger partial charge in [-0.15, -0.1) is 0 Å². The lowest BCUT2D eigenvalue weighted by Crippen LogP contribution is -2.07. The predicted octanol–water partition coefficient (Wildman–Crippen LogP) is 1.58.